The van der Waals surface area contributed by atoms with Gasteiger partial charge in [0.1, 0.15) is 0 Å². The minimum Gasteiger partial charge on any atom is -0.454 e. The molecule has 8 nitrogen and oxygen atoms in total. The number of rotatable bonds is 3. The lowest BCUT2D eigenvalue weighted by atomic mass is 10.1. The summed E-state index contributed by atoms with van der Waals surface area (Å²) in [6.07, 6.45) is 1.31. The van der Waals surface area contributed by atoms with Crippen LogP contribution in [-0.2, 0) is 4.79 Å². The summed E-state index contributed by atoms with van der Waals surface area (Å²) in [4.78, 5) is 36.8. The standard InChI is InChI=1S/C17H9ClN2O6S/c18-10-1-3-11(4-2-10)19-16(21)15(27-17(19)22)6-9-5-13-14(26-8-25-13)7-12(9)20(23)24/h1-7H,8H2/b15-6-. The molecule has 27 heavy (non-hydrogen) atoms. The largest absolute Gasteiger partial charge is 0.454 e. The lowest BCUT2D eigenvalue weighted by molar-refractivity contribution is -0.385. The van der Waals surface area contributed by atoms with E-state index < -0.39 is 16.1 Å². The second-order valence-corrected chi connectivity index (χ2v) is 6.94. The number of carbonyl (C=O) groups excluding carboxylic acids is 2. The van der Waals surface area contributed by atoms with E-state index in [9.17, 15) is 19.7 Å². The Morgan fingerprint density at radius 3 is 2.48 bits per heavy atom. The first-order valence-corrected chi connectivity index (χ1v) is 8.75. The molecule has 1 fully saturated rings. The predicted octanol–water partition coefficient (Wildman–Crippen LogP) is 4.22. The average Bonchev–Trinajstić information content (AvgIpc) is 3.19. The molecule has 10 heteroatoms. The van der Waals surface area contributed by atoms with Gasteiger partial charge in [-0.15, -0.1) is 0 Å². The number of nitro benzene ring substituents is 1. The first kappa shape index (κ1) is 17.4. The van der Waals surface area contributed by atoms with Crippen molar-refractivity contribution in [3.8, 4) is 11.5 Å². The number of fused-ring (bicyclic) bond motifs is 1. The fourth-order valence-corrected chi connectivity index (χ4v) is 3.60. The highest BCUT2D eigenvalue weighted by atomic mass is 35.5. The normalized spacial score (nSPS) is 17.1. The molecule has 136 valence electrons. The minimum atomic E-state index is -0.586. The fraction of sp³-hybridized carbons (Fsp3) is 0.0588. The van der Waals surface area contributed by atoms with Crippen molar-refractivity contribution in [3.05, 3.63) is 62.0 Å². The van der Waals surface area contributed by atoms with Crippen molar-refractivity contribution in [3.63, 3.8) is 0 Å². The molecule has 0 saturated carbocycles. The number of hydrogen-bond donors (Lipinski definition) is 0. The summed E-state index contributed by atoms with van der Waals surface area (Å²) in [5.74, 6) is 0.0242. The van der Waals surface area contributed by atoms with Gasteiger partial charge in [-0.25, -0.2) is 4.90 Å². The van der Waals surface area contributed by atoms with Gasteiger partial charge in [-0.3, -0.25) is 19.7 Å². The number of anilines is 1. The Morgan fingerprint density at radius 2 is 1.81 bits per heavy atom. The Balaban J connectivity index is 1.73. The molecule has 0 aromatic heterocycles. The van der Waals surface area contributed by atoms with Gasteiger partial charge < -0.3 is 9.47 Å². The summed E-state index contributed by atoms with van der Waals surface area (Å²) < 4.78 is 10.4. The maximum Gasteiger partial charge on any atom is 0.298 e. The van der Waals surface area contributed by atoms with Crippen LogP contribution in [0.2, 0.25) is 5.02 Å². The number of carbonyl (C=O) groups is 2. The number of ether oxygens (including phenoxy) is 2. The van der Waals surface area contributed by atoms with Gasteiger partial charge >= 0.3 is 0 Å². The van der Waals surface area contributed by atoms with Gasteiger partial charge in [0.05, 0.1) is 27.1 Å². The van der Waals surface area contributed by atoms with E-state index in [1.54, 1.807) is 24.3 Å². The lowest BCUT2D eigenvalue weighted by Gasteiger charge is -2.12. The molecule has 2 aromatic rings. The molecular weight excluding hydrogens is 396 g/mol. The van der Waals surface area contributed by atoms with E-state index in [2.05, 4.69) is 0 Å². The van der Waals surface area contributed by atoms with Crippen LogP contribution in [0.5, 0.6) is 11.5 Å². The second kappa shape index (κ2) is 6.60. The Hall–Kier alpha value is -3.04. The summed E-state index contributed by atoms with van der Waals surface area (Å²) in [7, 11) is 0. The quantitative estimate of drug-likeness (QED) is 0.429. The van der Waals surface area contributed by atoms with Crippen molar-refractivity contribution < 1.29 is 24.0 Å². The third kappa shape index (κ3) is 3.11. The number of halogens is 1. The Kier molecular flexibility index (Phi) is 4.25. The number of thioether (sulfide) groups is 1. The maximum absolute atomic E-state index is 12.7. The summed E-state index contributed by atoms with van der Waals surface area (Å²) in [5, 5.41) is 11.3. The molecule has 0 bridgehead atoms. The van der Waals surface area contributed by atoms with Crippen LogP contribution in [-0.4, -0.2) is 22.9 Å². The molecular formula is C17H9ClN2O6S. The number of benzene rings is 2. The van der Waals surface area contributed by atoms with Gasteiger partial charge in [0.15, 0.2) is 11.5 Å². The first-order valence-electron chi connectivity index (χ1n) is 7.55. The molecule has 4 rings (SSSR count). The number of hydrogen-bond acceptors (Lipinski definition) is 7. The van der Waals surface area contributed by atoms with Crippen molar-refractivity contribution in [2.24, 2.45) is 0 Å². The van der Waals surface area contributed by atoms with Crippen LogP contribution in [0.4, 0.5) is 16.2 Å². The fourth-order valence-electron chi connectivity index (χ4n) is 2.64. The van der Waals surface area contributed by atoms with Gasteiger partial charge in [-0.05, 0) is 48.2 Å². The number of nitrogens with zero attached hydrogens (tertiary/aromatic N) is 2. The summed E-state index contributed by atoms with van der Waals surface area (Å²) in [6, 6.07) is 8.86. The van der Waals surface area contributed by atoms with Gasteiger partial charge in [-0.2, -0.15) is 0 Å². The van der Waals surface area contributed by atoms with Crippen molar-refractivity contribution in [1.82, 2.24) is 0 Å². The average molecular weight is 405 g/mol. The SMILES string of the molecule is O=C1S/C(=C\c2cc3c(cc2[N+](=O)[O-])OCO3)C(=O)N1c1ccc(Cl)cc1. The van der Waals surface area contributed by atoms with Gasteiger partial charge in [-0.1, -0.05) is 11.6 Å². The Morgan fingerprint density at radius 1 is 1.15 bits per heavy atom. The van der Waals surface area contributed by atoms with E-state index in [1.165, 1.54) is 18.2 Å². The third-order valence-corrected chi connectivity index (χ3v) is 5.01. The highest BCUT2D eigenvalue weighted by molar-refractivity contribution is 8.19. The summed E-state index contributed by atoms with van der Waals surface area (Å²) in [6.45, 7) is -0.0387. The van der Waals surface area contributed by atoms with Crippen molar-refractivity contribution in [1.29, 1.82) is 0 Å². The zero-order chi connectivity index (χ0) is 19.1. The number of nitro groups is 1. The van der Waals surface area contributed by atoms with Gasteiger partial charge in [0.2, 0.25) is 6.79 Å². The van der Waals surface area contributed by atoms with Crippen molar-refractivity contribution in [2.45, 2.75) is 0 Å². The molecule has 2 aromatic carbocycles. The first-order chi connectivity index (χ1) is 12.9. The molecule has 2 aliphatic rings. The van der Waals surface area contributed by atoms with Crippen LogP contribution >= 0.6 is 23.4 Å². The molecule has 2 heterocycles. The van der Waals surface area contributed by atoms with Crippen LogP contribution < -0.4 is 14.4 Å². The van der Waals surface area contributed by atoms with Gasteiger partial charge in [0, 0.05) is 5.02 Å². The van der Waals surface area contributed by atoms with E-state index in [1.807, 2.05) is 0 Å². The molecule has 0 radical (unpaired) electrons. The van der Waals surface area contributed by atoms with E-state index in [4.69, 9.17) is 21.1 Å². The van der Waals surface area contributed by atoms with E-state index in [0.29, 0.717) is 28.2 Å². The molecule has 1 saturated heterocycles. The maximum atomic E-state index is 12.7. The highest BCUT2D eigenvalue weighted by Crippen LogP contribution is 2.41. The molecule has 2 aliphatic heterocycles. The molecule has 0 unspecified atom stereocenters. The van der Waals surface area contributed by atoms with Crippen LogP contribution in [0.25, 0.3) is 6.08 Å². The summed E-state index contributed by atoms with van der Waals surface area (Å²) >= 11 is 6.53. The van der Waals surface area contributed by atoms with E-state index in [0.717, 1.165) is 4.90 Å². The molecule has 0 spiro atoms. The van der Waals surface area contributed by atoms with Crippen LogP contribution in [0, 0.1) is 10.1 Å². The highest BCUT2D eigenvalue weighted by Gasteiger charge is 2.37. The van der Waals surface area contributed by atoms with Crippen LogP contribution in [0.3, 0.4) is 0 Å². The molecule has 2 amide bonds. The van der Waals surface area contributed by atoms with Gasteiger partial charge in [0.25, 0.3) is 16.8 Å². The van der Waals surface area contributed by atoms with Crippen molar-refractivity contribution >= 4 is 52.0 Å². The number of amides is 2. The lowest BCUT2D eigenvalue weighted by Crippen LogP contribution is -2.27. The minimum absolute atomic E-state index is 0.0387. The molecule has 0 aliphatic carbocycles. The summed E-state index contributed by atoms with van der Waals surface area (Å²) in [5.41, 5.74) is 0.258. The number of imide groups is 1. The molecule has 0 N–H and O–H groups in total. The third-order valence-electron chi connectivity index (χ3n) is 3.88. The zero-order valence-electron chi connectivity index (χ0n) is 13.4. The Bertz CT molecular complexity index is 1020. The second-order valence-electron chi connectivity index (χ2n) is 5.51. The van der Waals surface area contributed by atoms with Crippen LogP contribution in [0.1, 0.15) is 5.56 Å². The topological polar surface area (TPSA) is 99.0 Å². The van der Waals surface area contributed by atoms with Crippen LogP contribution in [0.15, 0.2) is 41.3 Å². The Labute approximate surface area is 161 Å². The van der Waals surface area contributed by atoms with E-state index >= 15 is 0 Å². The smallest absolute Gasteiger partial charge is 0.298 e. The van der Waals surface area contributed by atoms with E-state index in [-0.39, 0.29) is 28.7 Å². The van der Waals surface area contributed by atoms with Crippen molar-refractivity contribution in [2.75, 3.05) is 11.7 Å². The monoisotopic (exact) mass is 404 g/mol. The molecule has 0 atom stereocenters. The predicted molar refractivity (Wildman–Crippen MR) is 99.1 cm³/mol. The zero-order valence-corrected chi connectivity index (χ0v) is 15.0.